The molecule has 0 aliphatic carbocycles. The molecule has 0 atom stereocenters. The van der Waals surface area contributed by atoms with Crippen LogP contribution in [0.4, 0.5) is 22.1 Å². The minimum Gasteiger partial charge on any atom is -0.453 e. The predicted molar refractivity (Wildman–Crippen MR) is 114 cm³/mol. The molecule has 30 heavy (non-hydrogen) atoms. The smallest absolute Gasteiger partial charge is 0.409 e. The van der Waals surface area contributed by atoms with Crippen LogP contribution in [0.25, 0.3) is 0 Å². The van der Waals surface area contributed by atoms with Gasteiger partial charge in [-0.25, -0.2) is 9.78 Å². The van der Waals surface area contributed by atoms with E-state index in [0.717, 1.165) is 60.9 Å². The molecular weight excluding hydrogens is 384 g/mol. The van der Waals surface area contributed by atoms with E-state index in [1.807, 2.05) is 38.2 Å². The summed E-state index contributed by atoms with van der Waals surface area (Å²) in [5.74, 6) is 1.64. The van der Waals surface area contributed by atoms with Crippen molar-refractivity contribution in [1.82, 2.24) is 19.7 Å². The first-order valence-electron chi connectivity index (χ1n) is 10.4. The van der Waals surface area contributed by atoms with Gasteiger partial charge in [-0.05, 0) is 25.3 Å². The van der Waals surface area contributed by atoms with E-state index < -0.39 is 0 Å². The SMILES string of the molecule is CNc1cc(N(C)c2nn(C3CCOCC3)c3c2CN(C(=O)OC)CC3)ncc1C. The highest BCUT2D eigenvalue weighted by Crippen LogP contribution is 2.35. The number of anilines is 3. The lowest BCUT2D eigenvalue weighted by Gasteiger charge is -2.29. The van der Waals surface area contributed by atoms with E-state index in [2.05, 4.69) is 15.0 Å². The van der Waals surface area contributed by atoms with Gasteiger partial charge in [0.1, 0.15) is 5.82 Å². The summed E-state index contributed by atoms with van der Waals surface area (Å²) in [5, 5.41) is 8.25. The minimum atomic E-state index is -0.306. The average molecular weight is 415 g/mol. The van der Waals surface area contributed by atoms with Gasteiger partial charge in [0, 0.05) is 69.5 Å². The van der Waals surface area contributed by atoms with Crippen molar-refractivity contribution in [2.24, 2.45) is 0 Å². The molecule has 4 rings (SSSR count). The maximum atomic E-state index is 12.2. The first kappa shape index (κ1) is 20.5. The van der Waals surface area contributed by atoms with Crippen molar-refractivity contribution in [3.05, 3.63) is 29.1 Å². The van der Waals surface area contributed by atoms with Crippen molar-refractivity contribution in [2.45, 2.75) is 38.8 Å². The number of carbonyl (C=O) groups is 1. The lowest BCUT2D eigenvalue weighted by atomic mass is 10.0. The number of carbonyl (C=O) groups excluding carboxylic acids is 1. The summed E-state index contributed by atoms with van der Waals surface area (Å²) in [6, 6.07) is 2.34. The number of rotatable bonds is 4. The van der Waals surface area contributed by atoms with Gasteiger partial charge in [-0.15, -0.1) is 0 Å². The number of aromatic nitrogens is 3. The Hall–Kier alpha value is -2.81. The topological polar surface area (TPSA) is 84.8 Å². The molecule has 1 saturated heterocycles. The van der Waals surface area contributed by atoms with Crippen molar-refractivity contribution in [3.63, 3.8) is 0 Å². The Bertz CT molecular complexity index is 922. The molecule has 2 aromatic heterocycles. The Balaban J connectivity index is 1.74. The van der Waals surface area contributed by atoms with Gasteiger partial charge < -0.3 is 24.6 Å². The van der Waals surface area contributed by atoms with Crippen LogP contribution < -0.4 is 10.2 Å². The van der Waals surface area contributed by atoms with Crippen LogP contribution in [0.5, 0.6) is 0 Å². The molecule has 9 heteroatoms. The second-order valence-corrected chi connectivity index (χ2v) is 7.84. The molecule has 4 heterocycles. The number of methoxy groups -OCH3 is 1. The zero-order valence-corrected chi connectivity index (χ0v) is 18.1. The van der Waals surface area contributed by atoms with Gasteiger partial charge >= 0.3 is 6.09 Å². The fraction of sp³-hybridized carbons (Fsp3) is 0.571. The van der Waals surface area contributed by atoms with Gasteiger partial charge in [-0.3, -0.25) is 4.68 Å². The number of ether oxygens (including phenoxy) is 2. The van der Waals surface area contributed by atoms with Crippen LogP contribution in [-0.2, 0) is 22.4 Å². The van der Waals surface area contributed by atoms with Crippen molar-refractivity contribution < 1.29 is 14.3 Å². The molecule has 2 aromatic rings. The summed E-state index contributed by atoms with van der Waals surface area (Å²) in [6.45, 7) is 4.65. The maximum absolute atomic E-state index is 12.2. The fourth-order valence-corrected chi connectivity index (χ4v) is 4.29. The molecular formula is C21H30N6O3. The molecule has 0 radical (unpaired) electrons. The molecule has 2 aliphatic heterocycles. The summed E-state index contributed by atoms with van der Waals surface area (Å²) >= 11 is 0. The third-order valence-electron chi connectivity index (χ3n) is 6.05. The summed E-state index contributed by atoms with van der Waals surface area (Å²) < 4.78 is 12.7. The Morgan fingerprint density at radius 1 is 1.37 bits per heavy atom. The first-order chi connectivity index (χ1) is 14.5. The highest BCUT2D eigenvalue weighted by Gasteiger charge is 2.32. The number of nitrogens with one attached hydrogen (secondary N) is 1. The summed E-state index contributed by atoms with van der Waals surface area (Å²) in [6.07, 6.45) is 4.21. The largest absolute Gasteiger partial charge is 0.453 e. The zero-order valence-electron chi connectivity index (χ0n) is 18.1. The standard InChI is InChI=1S/C21H30N6O3/c1-14-12-23-19(11-17(14)22-2)25(3)20-16-13-26(21(28)29-4)8-5-18(16)27(24-20)15-6-9-30-10-7-15/h11-12,15H,5-10,13H2,1-4H3,(H,22,23). The molecule has 162 valence electrons. The van der Waals surface area contributed by atoms with E-state index in [9.17, 15) is 4.79 Å². The molecule has 0 bridgehead atoms. The fourth-order valence-electron chi connectivity index (χ4n) is 4.29. The lowest BCUT2D eigenvalue weighted by molar-refractivity contribution is 0.0649. The van der Waals surface area contributed by atoms with E-state index in [4.69, 9.17) is 14.6 Å². The molecule has 0 spiro atoms. The Labute approximate surface area is 177 Å². The zero-order chi connectivity index (χ0) is 21.3. The molecule has 0 aromatic carbocycles. The summed E-state index contributed by atoms with van der Waals surface area (Å²) in [4.78, 5) is 20.5. The number of nitrogens with zero attached hydrogens (tertiary/aromatic N) is 5. The van der Waals surface area contributed by atoms with Crippen LogP contribution in [0.2, 0.25) is 0 Å². The van der Waals surface area contributed by atoms with Crippen molar-refractivity contribution >= 4 is 23.4 Å². The van der Waals surface area contributed by atoms with Gasteiger partial charge in [-0.2, -0.15) is 5.10 Å². The molecule has 2 aliphatic rings. The van der Waals surface area contributed by atoms with Gasteiger partial charge in [0.15, 0.2) is 5.82 Å². The lowest BCUT2D eigenvalue weighted by Crippen LogP contribution is -2.37. The highest BCUT2D eigenvalue weighted by molar-refractivity contribution is 5.70. The van der Waals surface area contributed by atoms with Crippen molar-refractivity contribution in [2.75, 3.05) is 51.2 Å². The second-order valence-electron chi connectivity index (χ2n) is 7.84. The van der Waals surface area contributed by atoms with Crippen LogP contribution in [0.1, 0.15) is 35.7 Å². The highest BCUT2D eigenvalue weighted by atomic mass is 16.5. The number of fused-ring (bicyclic) bond motifs is 1. The third kappa shape index (κ3) is 3.69. The number of hydrogen-bond acceptors (Lipinski definition) is 7. The van der Waals surface area contributed by atoms with Crippen molar-refractivity contribution in [1.29, 1.82) is 0 Å². The van der Waals surface area contributed by atoms with Crippen LogP contribution >= 0.6 is 0 Å². The van der Waals surface area contributed by atoms with E-state index in [-0.39, 0.29) is 6.09 Å². The molecule has 9 nitrogen and oxygen atoms in total. The van der Waals surface area contributed by atoms with E-state index >= 15 is 0 Å². The maximum Gasteiger partial charge on any atom is 0.409 e. The van der Waals surface area contributed by atoms with E-state index in [0.29, 0.717) is 19.1 Å². The van der Waals surface area contributed by atoms with Gasteiger partial charge in [0.05, 0.1) is 19.7 Å². The second kappa shape index (κ2) is 8.51. The number of hydrogen-bond donors (Lipinski definition) is 1. The number of amides is 1. The van der Waals surface area contributed by atoms with E-state index in [1.54, 1.807) is 4.90 Å². The monoisotopic (exact) mass is 414 g/mol. The molecule has 0 saturated carbocycles. The Morgan fingerprint density at radius 3 is 2.83 bits per heavy atom. The van der Waals surface area contributed by atoms with Crippen LogP contribution in [0, 0.1) is 6.92 Å². The Kier molecular flexibility index (Phi) is 5.80. The summed E-state index contributed by atoms with van der Waals surface area (Å²) in [7, 11) is 5.30. The summed E-state index contributed by atoms with van der Waals surface area (Å²) in [5.41, 5.74) is 4.38. The van der Waals surface area contributed by atoms with Crippen LogP contribution in [0.15, 0.2) is 12.3 Å². The first-order valence-corrected chi connectivity index (χ1v) is 10.4. The van der Waals surface area contributed by atoms with Gasteiger partial charge in [0.25, 0.3) is 0 Å². The Morgan fingerprint density at radius 2 is 2.13 bits per heavy atom. The third-order valence-corrected chi connectivity index (χ3v) is 6.05. The normalized spacial score (nSPS) is 16.9. The van der Waals surface area contributed by atoms with Crippen LogP contribution in [-0.4, -0.2) is 66.7 Å². The number of aryl methyl sites for hydroxylation is 1. The molecule has 1 fully saturated rings. The number of pyridine rings is 1. The molecule has 1 amide bonds. The van der Waals surface area contributed by atoms with Gasteiger partial charge in [0.2, 0.25) is 0 Å². The van der Waals surface area contributed by atoms with Gasteiger partial charge in [-0.1, -0.05) is 0 Å². The van der Waals surface area contributed by atoms with Crippen molar-refractivity contribution in [3.8, 4) is 0 Å². The van der Waals surface area contributed by atoms with Crippen LogP contribution in [0.3, 0.4) is 0 Å². The average Bonchev–Trinajstić information content (AvgIpc) is 3.17. The quantitative estimate of drug-likeness (QED) is 0.823. The molecule has 0 unspecified atom stereocenters. The van der Waals surface area contributed by atoms with E-state index in [1.165, 1.54) is 12.8 Å². The predicted octanol–water partition coefficient (Wildman–Crippen LogP) is 2.87. The molecule has 1 N–H and O–H groups in total. The minimum absolute atomic E-state index is 0.306.